The summed E-state index contributed by atoms with van der Waals surface area (Å²) >= 11 is 0. The standard InChI is InChI=1S/C17H28N2O5.C4H11N/c1-3-6-12(16(21)22)18-10(2)15(20)19-13-8-5-4-7-11(13)9-14(19)17(23)24;1-4(2,3)5/h10-14,18H,3-9H2,1-2H3,(H,21,22)(H,23,24);5H2,1-3H3/t10-,11-,12-,13-,14-;/m0./s1. The van der Waals surface area contributed by atoms with Gasteiger partial charge in [0.15, 0.2) is 0 Å². The van der Waals surface area contributed by atoms with Gasteiger partial charge >= 0.3 is 11.9 Å². The van der Waals surface area contributed by atoms with Crippen LogP contribution in [-0.4, -0.2) is 62.7 Å². The molecule has 0 aromatic carbocycles. The van der Waals surface area contributed by atoms with Crippen LogP contribution in [0.2, 0.25) is 0 Å². The van der Waals surface area contributed by atoms with Crippen LogP contribution in [0.5, 0.6) is 0 Å². The molecule has 1 heterocycles. The number of carbonyl (C=O) groups excluding carboxylic acids is 1. The topological polar surface area (TPSA) is 133 Å². The zero-order valence-corrected chi connectivity index (χ0v) is 18.5. The molecular weight excluding hydrogens is 374 g/mol. The second kappa shape index (κ2) is 10.9. The zero-order chi connectivity index (χ0) is 22.4. The fourth-order valence-corrected chi connectivity index (χ4v) is 4.16. The molecule has 0 aromatic rings. The van der Waals surface area contributed by atoms with E-state index in [0.717, 1.165) is 25.7 Å². The molecule has 1 saturated carbocycles. The fourth-order valence-electron chi connectivity index (χ4n) is 4.16. The Balaban J connectivity index is 0.000000749. The lowest BCUT2D eigenvalue weighted by Crippen LogP contribution is -2.55. The Hall–Kier alpha value is -1.67. The van der Waals surface area contributed by atoms with Crippen molar-refractivity contribution in [3.8, 4) is 0 Å². The minimum absolute atomic E-state index is 0. The number of nitrogens with two attached hydrogens (primary N) is 1. The molecule has 1 amide bonds. The predicted octanol–water partition coefficient (Wildman–Crippen LogP) is 2.21. The normalized spacial score (nSPS) is 26.0. The number of nitrogens with one attached hydrogen (secondary N) is 1. The summed E-state index contributed by atoms with van der Waals surface area (Å²) in [4.78, 5) is 37.3. The van der Waals surface area contributed by atoms with Crippen molar-refractivity contribution in [2.45, 2.75) is 109 Å². The summed E-state index contributed by atoms with van der Waals surface area (Å²) < 4.78 is 0. The molecule has 5 atom stereocenters. The van der Waals surface area contributed by atoms with Gasteiger partial charge in [-0.1, -0.05) is 26.2 Å². The minimum atomic E-state index is -0.983. The zero-order valence-electron chi connectivity index (χ0n) is 18.5. The number of fused-ring (bicyclic) bond motifs is 1. The Morgan fingerprint density at radius 2 is 1.72 bits per heavy atom. The summed E-state index contributed by atoms with van der Waals surface area (Å²) in [6.07, 6.45) is 5.53. The van der Waals surface area contributed by atoms with Crippen molar-refractivity contribution in [1.29, 1.82) is 0 Å². The smallest absolute Gasteiger partial charge is 0.326 e. The van der Waals surface area contributed by atoms with E-state index in [1.54, 1.807) is 6.92 Å². The number of rotatable bonds is 7. The Bertz CT molecular complexity index is 569. The monoisotopic (exact) mass is 413 g/mol. The molecule has 5 N–H and O–H groups in total. The fraction of sp³-hybridized carbons (Fsp3) is 0.857. The van der Waals surface area contributed by atoms with Crippen LogP contribution in [0.4, 0.5) is 0 Å². The molecule has 168 valence electrons. The summed E-state index contributed by atoms with van der Waals surface area (Å²) in [5, 5.41) is 21.6. The third kappa shape index (κ3) is 7.93. The van der Waals surface area contributed by atoms with Crippen molar-refractivity contribution in [2.24, 2.45) is 11.7 Å². The van der Waals surface area contributed by atoms with Gasteiger partial charge in [0.1, 0.15) is 12.1 Å². The second-order valence-corrected chi connectivity index (χ2v) is 9.38. The van der Waals surface area contributed by atoms with E-state index in [9.17, 15) is 24.6 Å². The van der Waals surface area contributed by atoms with E-state index in [-0.39, 0.29) is 23.4 Å². The first-order valence-electron chi connectivity index (χ1n) is 10.7. The van der Waals surface area contributed by atoms with Crippen LogP contribution < -0.4 is 11.1 Å². The molecule has 1 aliphatic heterocycles. The SMILES string of the molecule is CC(C)(C)N.CCC[C@H](N[C@@H](C)C(=O)N1[C@H](C(=O)O)C[C@@H]2CCCC[C@@H]21)C(=O)O. The van der Waals surface area contributed by atoms with Crippen LogP contribution in [0.25, 0.3) is 0 Å². The maximum atomic E-state index is 12.9. The largest absolute Gasteiger partial charge is 0.480 e. The Kier molecular flexibility index (Phi) is 9.55. The van der Waals surface area contributed by atoms with Crippen LogP contribution in [0, 0.1) is 5.92 Å². The van der Waals surface area contributed by atoms with E-state index in [0.29, 0.717) is 19.3 Å². The molecule has 2 rings (SSSR count). The van der Waals surface area contributed by atoms with Gasteiger partial charge in [0.2, 0.25) is 5.91 Å². The van der Waals surface area contributed by atoms with Gasteiger partial charge in [-0.3, -0.25) is 14.9 Å². The summed E-state index contributed by atoms with van der Waals surface area (Å²) in [7, 11) is 0. The van der Waals surface area contributed by atoms with Gasteiger partial charge in [-0.25, -0.2) is 4.79 Å². The molecule has 0 aromatic heterocycles. The number of nitrogens with zero attached hydrogens (tertiary/aromatic N) is 1. The summed E-state index contributed by atoms with van der Waals surface area (Å²) in [5.74, 6) is -1.99. The minimum Gasteiger partial charge on any atom is -0.480 e. The average Bonchev–Trinajstić information content (AvgIpc) is 2.98. The lowest BCUT2D eigenvalue weighted by atomic mass is 9.84. The highest BCUT2D eigenvalue weighted by molar-refractivity contribution is 5.88. The van der Waals surface area contributed by atoms with Crippen molar-refractivity contribution in [3.63, 3.8) is 0 Å². The number of likely N-dealkylation sites (tertiary alicyclic amines) is 1. The third-order valence-corrected chi connectivity index (χ3v) is 5.32. The van der Waals surface area contributed by atoms with Crippen LogP contribution in [0.1, 0.15) is 79.6 Å². The van der Waals surface area contributed by atoms with Crippen molar-refractivity contribution in [3.05, 3.63) is 0 Å². The summed E-state index contributed by atoms with van der Waals surface area (Å²) in [6, 6.07) is -2.31. The van der Waals surface area contributed by atoms with Crippen molar-refractivity contribution >= 4 is 17.8 Å². The molecule has 1 saturated heterocycles. The molecule has 2 aliphatic rings. The van der Waals surface area contributed by atoms with E-state index < -0.39 is 30.1 Å². The Morgan fingerprint density at radius 1 is 1.17 bits per heavy atom. The number of carbonyl (C=O) groups is 3. The first-order chi connectivity index (χ1) is 13.4. The van der Waals surface area contributed by atoms with Crippen LogP contribution >= 0.6 is 0 Å². The van der Waals surface area contributed by atoms with E-state index in [4.69, 9.17) is 5.73 Å². The lowest BCUT2D eigenvalue weighted by Gasteiger charge is -2.35. The average molecular weight is 414 g/mol. The van der Waals surface area contributed by atoms with E-state index >= 15 is 0 Å². The highest BCUT2D eigenvalue weighted by atomic mass is 16.4. The van der Waals surface area contributed by atoms with Gasteiger partial charge in [0.05, 0.1) is 6.04 Å². The highest BCUT2D eigenvalue weighted by Crippen LogP contribution is 2.40. The van der Waals surface area contributed by atoms with Gasteiger partial charge < -0.3 is 20.8 Å². The molecule has 2 fully saturated rings. The molecule has 1 aliphatic carbocycles. The Labute approximate surface area is 174 Å². The number of hydrogen-bond donors (Lipinski definition) is 4. The van der Waals surface area contributed by atoms with Crippen LogP contribution in [0.3, 0.4) is 0 Å². The molecular formula is C21H39N3O5. The van der Waals surface area contributed by atoms with E-state index in [1.807, 2.05) is 27.7 Å². The van der Waals surface area contributed by atoms with Gasteiger partial charge in [-0.05, 0) is 59.3 Å². The third-order valence-electron chi connectivity index (χ3n) is 5.32. The Morgan fingerprint density at radius 3 is 2.21 bits per heavy atom. The lowest BCUT2D eigenvalue weighted by molar-refractivity contribution is -0.151. The number of carboxylic acids is 2. The summed E-state index contributed by atoms with van der Waals surface area (Å²) in [6.45, 7) is 9.41. The molecule has 0 spiro atoms. The molecule has 0 unspecified atom stereocenters. The van der Waals surface area contributed by atoms with Crippen LogP contribution in [-0.2, 0) is 14.4 Å². The second-order valence-electron chi connectivity index (χ2n) is 9.38. The highest BCUT2D eigenvalue weighted by Gasteiger charge is 2.48. The quantitative estimate of drug-likeness (QED) is 0.503. The van der Waals surface area contributed by atoms with Gasteiger partial charge in [0, 0.05) is 11.6 Å². The number of carboxylic acid groups (broad SMARTS) is 2. The van der Waals surface area contributed by atoms with Gasteiger partial charge in [-0.2, -0.15) is 0 Å². The molecule has 0 bridgehead atoms. The molecule has 29 heavy (non-hydrogen) atoms. The first-order valence-corrected chi connectivity index (χ1v) is 10.7. The first kappa shape index (κ1) is 25.4. The molecule has 8 nitrogen and oxygen atoms in total. The molecule has 0 radical (unpaired) electrons. The number of aliphatic carboxylic acids is 2. The van der Waals surface area contributed by atoms with Crippen molar-refractivity contribution in [1.82, 2.24) is 10.2 Å². The predicted molar refractivity (Wildman–Crippen MR) is 112 cm³/mol. The number of amides is 1. The van der Waals surface area contributed by atoms with E-state index in [2.05, 4.69) is 5.32 Å². The number of hydrogen-bond acceptors (Lipinski definition) is 5. The van der Waals surface area contributed by atoms with E-state index in [1.165, 1.54) is 4.90 Å². The summed E-state index contributed by atoms with van der Waals surface area (Å²) in [5.41, 5.74) is 5.35. The maximum absolute atomic E-state index is 12.9. The maximum Gasteiger partial charge on any atom is 0.326 e. The van der Waals surface area contributed by atoms with Gasteiger partial charge in [0.25, 0.3) is 0 Å². The van der Waals surface area contributed by atoms with Gasteiger partial charge in [-0.15, -0.1) is 0 Å². The van der Waals surface area contributed by atoms with Crippen molar-refractivity contribution in [2.75, 3.05) is 0 Å². The van der Waals surface area contributed by atoms with Crippen LogP contribution in [0.15, 0.2) is 0 Å². The van der Waals surface area contributed by atoms with Crippen molar-refractivity contribution < 1.29 is 24.6 Å². The molecule has 8 heteroatoms.